The van der Waals surface area contributed by atoms with Gasteiger partial charge in [-0.15, -0.1) is 0 Å². The molecule has 6 heteroatoms. The van der Waals surface area contributed by atoms with Crippen molar-refractivity contribution in [3.63, 3.8) is 0 Å². The summed E-state index contributed by atoms with van der Waals surface area (Å²) in [4.78, 5) is 11.3. The number of nitrogens with zero attached hydrogens (tertiary/aromatic N) is 1. The minimum absolute atomic E-state index is 0.136. The van der Waals surface area contributed by atoms with Gasteiger partial charge in [-0.3, -0.25) is 0 Å². The van der Waals surface area contributed by atoms with Gasteiger partial charge in [0.2, 0.25) is 0 Å². The fourth-order valence-electron chi connectivity index (χ4n) is 2.44. The van der Waals surface area contributed by atoms with E-state index in [1.807, 2.05) is 32.9 Å². The van der Waals surface area contributed by atoms with Gasteiger partial charge in [-0.25, -0.2) is 4.79 Å². The lowest BCUT2D eigenvalue weighted by molar-refractivity contribution is 0.272. The summed E-state index contributed by atoms with van der Waals surface area (Å²) in [6.07, 6.45) is 0. The molecular formula is C18H20N2O4. The molecule has 3 rings (SSSR count). The molecule has 0 radical (unpaired) electrons. The predicted octanol–water partition coefficient (Wildman–Crippen LogP) is 2.95. The van der Waals surface area contributed by atoms with Crippen molar-refractivity contribution < 1.29 is 13.7 Å². The lowest BCUT2D eigenvalue weighted by atomic mass is 10.2. The van der Waals surface area contributed by atoms with Crippen LogP contribution in [-0.4, -0.2) is 17.8 Å². The van der Waals surface area contributed by atoms with Crippen molar-refractivity contribution in [1.82, 2.24) is 10.5 Å². The number of fused-ring (bicyclic) bond motifs is 1. The van der Waals surface area contributed by atoms with E-state index in [0.29, 0.717) is 24.5 Å². The maximum absolute atomic E-state index is 11.3. The molecule has 0 aliphatic rings. The summed E-state index contributed by atoms with van der Waals surface area (Å²) in [5, 5.41) is 8.19. The number of hydrogen-bond acceptors (Lipinski definition) is 6. The number of hydrogen-bond donors (Lipinski definition) is 1. The zero-order valence-corrected chi connectivity index (χ0v) is 14.0. The maximum atomic E-state index is 11.3. The van der Waals surface area contributed by atoms with E-state index in [0.717, 1.165) is 22.4 Å². The molecule has 0 bridgehead atoms. The molecule has 1 unspecified atom stereocenters. The Hall–Kier alpha value is -2.60. The monoisotopic (exact) mass is 328 g/mol. The van der Waals surface area contributed by atoms with E-state index in [4.69, 9.17) is 13.7 Å². The van der Waals surface area contributed by atoms with Crippen LogP contribution in [0.2, 0.25) is 0 Å². The first kappa shape index (κ1) is 16.3. The molecule has 1 N–H and O–H groups in total. The Morgan fingerprint density at radius 1 is 1.25 bits per heavy atom. The number of ether oxygens (including phenoxy) is 1. The molecule has 126 valence electrons. The van der Waals surface area contributed by atoms with Gasteiger partial charge in [-0.05, 0) is 39.0 Å². The van der Waals surface area contributed by atoms with Gasteiger partial charge in [0.25, 0.3) is 0 Å². The maximum Gasteiger partial charge on any atom is 0.336 e. The number of benzene rings is 1. The molecule has 24 heavy (non-hydrogen) atoms. The third-order valence-corrected chi connectivity index (χ3v) is 3.90. The summed E-state index contributed by atoms with van der Waals surface area (Å²) in [6.45, 7) is 7.04. The Balaban J connectivity index is 1.58. The van der Waals surface area contributed by atoms with Crippen LogP contribution in [0.5, 0.6) is 5.75 Å². The fraction of sp³-hybridized carbons (Fsp3) is 0.333. The minimum atomic E-state index is -0.367. The van der Waals surface area contributed by atoms with Crippen molar-refractivity contribution in [2.45, 2.75) is 33.4 Å². The van der Waals surface area contributed by atoms with Crippen LogP contribution in [0.25, 0.3) is 11.0 Å². The molecule has 1 atom stereocenters. The van der Waals surface area contributed by atoms with Gasteiger partial charge in [-0.1, -0.05) is 5.16 Å². The van der Waals surface area contributed by atoms with Crippen LogP contribution in [0.15, 0.2) is 44.1 Å². The van der Waals surface area contributed by atoms with Crippen LogP contribution in [0.4, 0.5) is 0 Å². The summed E-state index contributed by atoms with van der Waals surface area (Å²) in [6, 6.07) is 8.75. The van der Waals surface area contributed by atoms with Crippen LogP contribution in [0.3, 0.4) is 0 Å². The fourth-order valence-corrected chi connectivity index (χ4v) is 2.44. The van der Waals surface area contributed by atoms with Gasteiger partial charge in [-0.2, -0.15) is 0 Å². The second-order valence-corrected chi connectivity index (χ2v) is 5.85. The van der Waals surface area contributed by atoms with E-state index >= 15 is 0 Å². The summed E-state index contributed by atoms with van der Waals surface area (Å²) in [5.74, 6) is 1.50. The van der Waals surface area contributed by atoms with Crippen LogP contribution < -0.4 is 15.7 Å². The van der Waals surface area contributed by atoms with E-state index in [9.17, 15) is 4.79 Å². The van der Waals surface area contributed by atoms with E-state index in [1.165, 1.54) is 6.07 Å². The molecule has 0 aliphatic heterocycles. The highest BCUT2D eigenvalue weighted by atomic mass is 16.5. The first-order valence-corrected chi connectivity index (χ1v) is 7.85. The van der Waals surface area contributed by atoms with Crippen molar-refractivity contribution in [1.29, 1.82) is 0 Å². The number of aromatic nitrogens is 1. The summed E-state index contributed by atoms with van der Waals surface area (Å²) >= 11 is 0. The molecule has 6 nitrogen and oxygen atoms in total. The van der Waals surface area contributed by atoms with Crippen molar-refractivity contribution in [2.24, 2.45) is 0 Å². The first-order chi connectivity index (χ1) is 11.5. The standard InChI is InChI=1S/C18H20N2O4/c1-11(19-9-16-12(2)20-24-13(16)3)10-22-15-6-4-14-5-7-18(21)23-17(14)8-15/h4-8,11,19H,9-10H2,1-3H3. The third kappa shape index (κ3) is 3.65. The molecule has 3 aromatic rings. The second-order valence-electron chi connectivity index (χ2n) is 5.85. The normalized spacial score (nSPS) is 12.5. The van der Waals surface area contributed by atoms with Gasteiger partial charge in [0.1, 0.15) is 23.7 Å². The van der Waals surface area contributed by atoms with Gasteiger partial charge in [0, 0.05) is 35.7 Å². The lowest BCUT2D eigenvalue weighted by Crippen LogP contribution is -2.31. The Morgan fingerprint density at radius 2 is 2.04 bits per heavy atom. The van der Waals surface area contributed by atoms with Crippen molar-refractivity contribution in [3.05, 3.63) is 57.8 Å². The average molecular weight is 328 g/mol. The lowest BCUT2D eigenvalue weighted by Gasteiger charge is -2.15. The van der Waals surface area contributed by atoms with Gasteiger partial charge < -0.3 is 19.0 Å². The molecule has 2 heterocycles. The number of nitrogens with one attached hydrogen (secondary N) is 1. The highest BCUT2D eigenvalue weighted by Gasteiger charge is 2.10. The summed E-state index contributed by atoms with van der Waals surface area (Å²) in [5.41, 5.74) is 2.14. The third-order valence-electron chi connectivity index (χ3n) is 3.90. The highest BCUT2D eigenvalue weighted by Crippen LogP contribution is 2.19. The first-order valence-electron chi connectivity index (χ1n) is 7.85. The van der Waals surface area contributed by atoms with Crippen LogP contribution in [0.1, 0.15) is 23.9 Å². The van der Waals surface area contributed by atoms with Crippen LogP contribution >= 0.6 is 0 Å². The molecule has 0 saturated carbocycles. The molecule has 0 spiro atoms. The van der Waals surface area contributed by atoms with Gasteiger partial charge >= 0.3 is 5.63 Å². The summed E-state index contributed by atoms with van der Waals surface area (Å²) < 4.78 is 16.1. The highest BCUT2D eigenvalue weighted by molar-refractivity contribution is 5.77. The molecule has 0 saturated heterocycles. The summed E-state index contributed by atoms with van der Waals surface area (Å²) in [7, 11) is 0. The number of rotatable bonds is 6. The minimum Gasteiger partial charge on any atom is -0.492 e. The average Bonchev–Trinajstić information content (AvgIpc) is 2.89. The zero-order chi connectivity index (χ0) is 17.1. The van der Waals surface area contributed by atoms with E-state index in [2.05, 4.69) is 10.5 Å². The number of aryl methyl sites for hydroxylation is 2. The largest absolute Gasteiger partial charge is 0.492 e. The van der Waals surface area contributed by atoms with Gasteiger partial charge in [0.15, 0.2) is 0 Å². The molecular weight excluding hydrogens is 308 g/mol. The van der Waals surface area contributed by atoms with Crippen molar-refractivity contribution >= 4 is 11.0 Å². The van der Waals surface area contributed by atoms with E-state index in [1.54, 1.807) is 12.1 Å². The molecule has 0 fully saturated rings. The van der Waals surface area contributed by atoms with Gasteiger partial charge in [0.05, 0.1) is 5.69 Å². The topological polar surface area (TPSA) is 77.5 Å². The second kappa shape index (κ2) is 6.88. The quantitative estimate of drug-likeness (QED) is 0.701. The zero-order valence-electron chi connectivity index (χ0n) is 14.0. The molecule has 0 amide bonds. The predicted molar refractivity (Wildman–Crippen MR) is 90.3 cm³/mol. The SMILES string of the molecule is Cc1noc(C)c1CNC(C)COc1ccc2ccc(=O)oc2c1. The van der Waals surface area contributed by atoms with E-state index < -0.39 is 0 Å². The van der Waals surface area contributed by atoms with Crippen molar-refractivity contribution in [2.75, 3.05) is 6.61 Å². The van der Waals surface area contributed by atoms with Crippen LogP contribution in [0, 0.1) is 13.8 Å². The Labute approximate surface area is 139 Å². The smallest absolute Gasteiger partial charge is 0.336 e. The molecule has 2 aromatic heterocycles. The van der Waals surface area contributed by atoms with E-state index in [-0.39, 0.29) is 11.7 Å². The van der Waals surface area contributed by atoms with Crippen molar-refractivity contribution in [3.8, 4) is 5.75 Å². The molecule has 0 aliphatic carbocycles. The Morgan fingerprint density at radius 3 is 2.79 bits per heavy atom. The Bertz CT molecular complexity index is 878. The van der Waals surface area contributed by atoms with Crippen LogP contribution in [-0.2, 0) is 6.54 Å². The Kier molecular flexibility index (Phi) is 4.66. The molecule has 1 aromatic carbocycles.